The normalized spacial score (nSPS) is 25.4. The van der Waals surface area contributed by atoms with Gasteiger partial charge in [-0.05, 0) is 45.4 Å². The summed E-state index contributed by atoms with van der Waals surface area (Å²) in [4.78, 5) is 14.1. The summed E-state index contributed by atoms with van der Waals surface area (Å²) >= 11 is 0. The maximum Gasteiger partial charge on any atom is 0.248 e. The van der Waals surface area contributed by atoms with Gasteiger partial charge in [0.2, 0.25) is 15.9 Å². The van der Waals surface area contributed by atoms with Gasteiger partial charge in [0.25, 0.3) is 0 Å². The van der Waals surface area contributed by atoms with Gasteiger partial charge in [0, 0.05) is 38.9 Å². The van der Waals surface area contributed by atoms with Gasteiger partial charge in [-0.3, -0.25) is 4.79 Å². The Morgan fingerprint density at radius 1 is 1.18 bits per heavy atom. The van der Waals surface area contributed by atoms with Crippen molar-refractivity contribution in [2.75, 3.05) is 52.4 Å². The van der Waals surface area contributed by atoms with Crippen LogP contribution in [0, 0.1) is 0 Å². The molecule has 3 rings (SSSR count). The number of piperidine rings is 1. The van der Waals surface area contributed by atoms with Crippen LogP contribution in [0.3, 0.4) is 0 Å². The van der Waals surface area contributed by atoms with E-state index in [2.05, 4.69) is 0 Å². The van der Waals surface area contributed by atoms with Crippen LogP contribution in [-0.2, 0) is 29.0 Å². The maximum absolute atomic E-state index is 12.6. The van der Waals surface area contributed by atoms with Gasteiger partial charge >= 0.3 is 0 Å². The molecule has 8 nitrogen and oxygen atoms in total. The van der Waals surface area contributed by atoms with Crippen molar-refractivity contribution in [3.63, 3.8) is 0 Å². The van der Waals surface area contributed by atoms with E-state index in [4.69, 9.17) is 14.2 Å². The van der Waals surface area contributed by atoms with Crippen molar-refractivity contribution in [1.82, 2.24) is 9.21 Å². The zero-order valence-corrected chi connectivity index (χ0v) is 17.9. The third-order valence-electron chi connectivity index (χ3n) is 6.10. The van der Waals surface area contributed by atoms with Gasteiger partial charge in [-0.25, -0.2) is 8.42 Å². The van der Waals surface area contributed by atoms with Crippen LogP contribution in [0.1, 0.15) is 45.4 Å². The lowest BCUT2D eigenvalue weighted by Crippen LogP contribution is -2.56. The van der Waals surface area contributed by atoms with E-state index < -0.39 is 10.0 Å². The zero-order valence-electron chi connectivity index (χ0n) is 17.1. The van der Waals surface area contributed by atoms with E-state index in [1.54, 1.807) is 18.3 Å². The second-order valence-electron chi connectivity index (χ2n) is 8.07. The predicted molar refractivity (Wildman–Crippen MR) is 105 cm³/mol. The molecule has 0 aromatic heterocycles. The van der Waals surface area contributed by atoms with Crippen LogP contribution in [0.15, 0.2) is 0 Å². The van der Waals surface area contributed by atoms with Crippen molar-refractivity contribution >= 4 is 15.9 Å². The molecular formula is C19H34N2O6S. The molecule has 3 aliphatic rings. The second kappa shape index (κ2) is 9.38. The minimum Gasteiger partial charge on any atom is -0.382 e. The molecule has 1 atom stereocenters. The van der Waals surface area contributed by atoms with Gasteiger partial charge in [0.15, 0.2) is 0 Å². The highest BCUT2D eigenvalue weighted by atomic mass is 32.2. The summed E-state index contributed by atoms with van der Waals surface area (Å²) in [6.45, 7) is 4.52. The Bertz CT molecular complexity index is 628. The molecule has 0 aromatic rings. The molecule has 0 radical (unpaired) electrons. The Hall–Kier alpha value is -0.740. The fourth-order valence-corrected chi connectivity index (χ4v) is 5.95. The molecule has 9 heteroatoms. The third-order valence-corrected chi connectivity index (χ3v) is 8.07. The van der Waals surface area contributed by atoms with Crippen LogP contribution in [-0.4, -0.2) is 93.6 Å². The molecule has 2 heterocycles. The van der Waals surface area contributed by atoms with Crippen molar-refractivity contribution in [2.45, 2.75) is 63.1 Å². The van der Waals surface area contributed by atoms with Crippen LogP contribution in [0.4, 0.5) is 0 Å². The summed E-state index contributed by atoms with van der Waals surface area (Å²) in [6, 6.07) is 0.196. The zero-order chi connectivity index (χ0) is 20.2. The first kappa shape index (κ1) is 22.0. The molecule has 1 spiro atoms. The SMILES string of the molecule is CCS(=O)(=O)N(C1CC1)C1CCOC2(CCN(C(=O)COCCOC)CC2)C1. The Balaban J connectivity index is 1.55. The van der Waals surface area contributed by atoms with Crippen LogP contribution >= 0.6 is 0 Å². The minimum absolute atomic E-state index is 0.00789. The fourth-order valence-electron chi connectivity index (χ4n) is 4.35. The Kier molecular flexibility index (Phi) is 7.36. The van der Waals surface area contributed by atoms with Crippen molar-refractivity contribution in [1.29, 1.82) is 0 Å². The summed E-state index contributed by atoms with van der Waals surface area (Å²) in [5.74, 6) is 0.144. The topological polar surface area (TPSA) is 85.4 Å². The number of nitrogens with zero attached hydrogens (tertiary/aromatic N) is 2. The van der Waals surface area contributed by atoms with E-state index in [-0.39, 0.29) is 36.0 Å². The average Bonchev–Trinajstić information content (AvgIpc) is 3.50. The molecule has 162 valence electrons. The number of rotatable bonds is 9. The molecule has 1 amide bonds. The largest absolute Gasteiger partial charge is 0.382 e. The van der Waals surface area contributed by atoms with Crippen LogP contribution in [0.25, 0.3) is 0 Å². The monoisotopic (exact) mass is 418 g/mol. The number of carbonyl (C=O) groups excluding carboxylic acids is 1. The smallest absolute Gasteiger partial charge is 0.248 e. The highest BCUT2D eigenvalue weighted by Gasteiger charge is 2.48. The van der Waals surface area contributed by atoms with Gasteiger partial charge < -0.3 is 19.1 Å². The third kappa shape index (κ3) is 5.24. The van der Waals surface area contributed by atoms with Gasteiger partial charge in [0.1, 0.15) is 6.61 Å². The number of ether oxygens (including phenoxy) is 3. The van der Waals surface area contributed by atoms with Gasteiger partial charge in [-0.2, -0.15) is 4.31 Å². The molecule has 1 unspecified atom stereocenters. The summed E-state index contributed by atoms with van der Waals surface area (Å²) in [5, 5.41) is 0. The lowest BCUT2D eigenvalue weighted by Gasteiger charge is -2.48. The number of likely N-dealkylation sites (tertiary alicyclic amines) is 1. The standard InChI is InChI=1S/C19H34N2O6S/c1-3-28(23,24)21(16-4-5-16)17-6-11-27-19(14-17)7-9-20(10-8-19)18(22)15-26-13-12-25-2/h16-17H,3-15H2,1-2H3. The molecule has 3 fully saturated rings. The van der Waals surface area contributed by atoms with Crippen molar-refractivity contribution in [3.05, 3.63) is 0 Å². The molecule has 0 aromatic carbocycles. The average molecular weight is 419 g/mol. The second-order valence-corrected chi connectivity index (χ2v) is 10.2. The number of amides is 1. The van der Waals surface area contributed by atoms with E-state index in [0.717, 1.165) is 38.5 Å². The first-order chi connectivity index (χ1) is 13.4. The van der Waals surface area contributed by atoms with Crippen LogP contribution < -0.4 is 0 Å². The molecule has 1 aliphatic carbocycles. The van der Waals surface area contributed by atoms with Crippen molar-refractivity contribution < 1.29 is 27.4 Å². The van der Waals surface area contributed by atoms with Crippen LogP contribution in [0.2, 0.25) is 0 Å². The number of hydrogen-bond donors (Lipinski definition) is 0. The van der Waals surface area contributed by atoms with Crippen molar-refractivity contribution in [2.24, 2.45) is 0 Å². The van der Waals surface area contributed by atoms with E-state index in [0.29, 0.717) is 32.9 Å². The summed E-state index contributed by atoms with van der Waals surface area (Å²) in [5.41, 5.74) is -0.312. The van der Waals surface area contributed by atoms with Gasteiger partial charge in [-0.1, -0.05) is 0 Å². The van der Waals surface area contributed by atoms with Gasteiger partial charge in [0.05, 0.1) is 24.6 Å². The Morgan fingerprint density at radius 3 is 2.50 bits per heavy atom. The van der Waals surface area contributed by atoms with Crippen LogP contribution in [0.5, 0.6) is 0 Å². The Labute approximate surface area is 168 Å². The highest BCUT2D eigenvalue weighted by molar-refractivity contribution is 7.89. The summed E-state index contributed by atoms with van der Waals surface area (Å²) < 4.78 is 43.5. The minimum atomic E-state index is -3.20. The first-order valence-electron chi connectivity index (χ1n) is 10.4. The number of sulfonamides is 1. The summed E-state index contributed by atoms with van der Waals surface area (Å²) in [7, 11) is -1.60. The lowest BCUT2D eigenvalue weighted by atomic mass is 9.82. The number of hydrogen-bond acceptors (Lipinski definition) is 6. The number of methoxy groups -OCH3 is 1. The maximum atomic E-state index is 12.6. The highest BCUT2D eigenvalue weighted by Crippen LogP contribution is 2.41. The molecule has 2 saturated heterocycles. The van der Waals surface area contributed by atoms with Crippen molar-refractivity contribution in [3.8, 4) is 0 Å². The lowest BCUT2D eigenvalue weighted by molar-refractivity contribution is -0.150. The van der Waals surface area contributed by atoms with E-state index in [1.807, 2.05) is 4.90 Å². The van der Waals surface area contributed by atoms with E-state index in [1.165, 1.54) is 0 Å². The molecule has 28 heavy (non-hydrogen) atoms. The predicted octanol–water partition coefficient (Wildman–Crippen LogP) is 1.00. The first-order valence-corrected chi connectivity index (χ1v) is 12.0. The molecule has 0 N–H and O–H groups in total. The number of carbonyl (C=O) groups is 1. The molecule has 1 saturated carbocycles. The molecule has 2 aliphatic heterocycles. The fraction of sp³-hybridized carbons (Fsp3) is 0.947. The molecule has 0 bridgehead atoms. The van der Waals surface area contributed by atoms with Gasteiger partial charge in [-0.15, -0.1) is 0 Å². The Morgan fingerprint density at radius 2 is 1.89 bits per heavy atom. The van der Waals surface area contributed by atoms with E-state index >= 15 is 0 Å². The van der Waals surface area contributed by atoms with E-state index in [9.17, 15) is 13.2 Å². The molecular weight excluding hydrogens is 384 g/mol. The quantitative estimate of drug-likeness (QED) is 0.520. The summed E-state index contributed by atoms with van der Waals surface area (Å²) in [6.07, 6.45) is 4.92.